The molecule has 0 aromatic rings. The van der Waals surface area contributed by atoms with Gasteiger partial charge in [0.15, 0.2) is 0 Å². The monoisotopic (exact) mass is 240 g/mol. The Hall–Kier alpha value is -0.340. The number of allylic oxidation sites excluding steroid dienone is 1. The summed E-state index contributed by atoms with van der Waals surface area (Å²) in [5.41, 5.74) is 0.276. The van der Waals surface area contributed by atoms with E-state index in [1.165, 1.54) is 25.7 Å². The SMILES string of the molecule is C=CCCC(NCCC)C(CC)(CC)N(C)C. The van der Waals surface area contributed by atoms with Gasteiger partial charge in [0.05, 0.1) is 0 Å². The van der Waals surface area contributed by atoms with Gasteiger partial charge in [-0.1, -0.05) is 26.8 Å². The lowest BCUT2D eigenvalue weighted by molar-refractivity contribution is 0.0845. The number of hydrogen-bond donors (Lipinski definition) is 1. The second-order valence-corrected chi connectivity index (χ2v) is 5.08. The number of rotatable bonds is 10. The molecule has 2 nitrogen and oxygen atoms in total. The maximum atomic E-state index is 3.85. The third-order valence-electron chi connectivity index (χ3n) is 4.06. The second-order valence-electron chi connectivity index (χ2n) is 5.08. The summed E-state index contributed by atoms with van der Waals surface area (Å²) in [6.45, 7) is 11.8. The third kappa shape index (κ3) is 4.44. The highest BCUT2D eigenvalue weighted by Crippen LogP contribution is 2.28. The molecule has 1 unspecified atom stereocenters. The molecule has 0 saturated heterocycles. The van der Waals surface area contributed by atoms with Crippen LogP contribution in [-0.2, 0) is 0 Å². The van der Waals surface area contributed by atoms with Crippen molar-refractivity contribution < 1.29 is 0 Å². The molecular formula is C15H32N2. The zero-order valence-electron chi connectivity index (χ0n) is 12.6. The number of nitrogens with zero attached hydrogens (tertiary/aromatic N) is 1. The molecule has 0 aliphatic carbocycles. The smallest absolute Gasteiger partial charge is 0.0351 e. The zero-order chi connectivity index (χ0) is 13.3. The molecule has 0 radical (unpaired) electrons. The molecule has 0 aliphatic rings. The Kier molecular flexibility index (Phi) is 8.53. The Labute approximate surface area is 108 Å². The average Bonchev–Trinajstić information content (AvgIpc) is 2.33. The summed E-state index contributed by atoms with van der Waals surface area (Å²) in [6.07, 6.45) is 7.89. The van der Waals surface area contributed by atoms with E-state index in [1.807, 2.05) is 6.08 Å². The number of nitrogens with one attached hydrogen (secondary N) is 1. The molecule has 0 rings (SSSR count). The average molecular weight is 240 g/mol. The maximum absolute atomic E-state index is 3.85. The molecule has 102 valence electrons. The van der Waals surface area contributed by atoms with Crippen molar-refractivity contribution in [3.05, 3.63) is 12.7 Å². The van der Waals surface area contributed by atoms with E-state index in [1.54, 1.807) is 0 Å². The van der Waals surface area contributed by atoms with Crippen LogP contribution in [0.2, 0.25) is 0 Å². The van der Waals surface area contributed by atoms with Gasteiger partial charge in [0.25, 0.3) is 0 Å². The van der Waals surface area contributed by atoms with Crippen LogP contribution in [0, 0.1) is 0 Å². The van der Waals surface area contributed by atoms with Crippen LogP contribution in [0.1, 0.15) is 52.9 Å². The first-order valence-electron chi connectivity index (χ1n) is 7.10. The topological polar surface area (TPSA) is 15.3 Å². The predicted molar refractivity (Wildman–Crippen MR) is 78.5 cm³/mol. The summed E-state index contributed by atoms with van der Waals surface area (Å²) in [5.74, 6) is 0. The quantitative estimate of drug-likeness (QED) is 0.588. The van der Waals surface area contributed by atoms with Crippen LogP contribution < -0.4 is 5.32 Å². The van der Waals surface area contributed by atoms with Gasteiger partial charge >= 0.3 is 0 Å². The van der Waals surface area contributed by atoms with E-state index in [4.69, 9.17) is 0 Å². The predicted octanol–water partition coefficient (Wildman–Crippen LogP) is 3.44. The lowest BCUT2D eigenvalue weighted by Gasteiger charge is -2.45. The highest BCUT2D eigenvalue weighted by Gasteiger charge is 2.36. The van der Waals surface area contributed by atoms with Crippen LogP contribution >= 0.6 is 0 Å². The molecule has 0 saturated carbocycles. The van der Waals surface area contributed by atoms with Crippen molar-refractivity contribution in [2.24, 2.45) is 0 Å². The first kappa shape index (κ1) is 16.7. The summed E-state index contributed by atoms with van der Waals surface area (Å²) in [7, 11) is 4.42. The molecule has 0 spiro atoms. The maximum Gasteiger partial charge on any atom is 0.0351 e. The van der Waals surface area contributed by atoms with Gasteiger partial charge in [-0.3, -0.25) is 0 Å². The van der Waals surface area contributed by atoms with Gasteiger partial charge in [-0.2, -0.15) is 0 Å². The summed E-state index contributed by atoms with van der Waals surface area (Å²) < 4.78 is 0. The molecule has 17 heavy (non-hydrogen) atoms. The Bertz CT molecular complexity index is 195. The van der Waals surface area contributed by atoms with E-state index in [9.17, 15) is 0 Å². The van der Waals surface area contributed by atoms with Crippen molar-refractivity contribution in [3.8, 4) is 0 Å². The van der Waals surface area contributed by atoms with Crippen molar-refractivity contribution in [2.75, 3.05) is 20.6 Å². The molecular weight excluding hydrogens is 208 g/mol. The molecule has 0 bridgehead atoms. The zero-order valence-corrected chi connectivity index (χ0v) is 12.6. The standard InChI is InChI=1S/C15H32N2/c1-7-11-12-14(16-13-8-2)15(9-3,10-4)17(5)6/h7,14,16H,1,8-13H2,2-6H3. The minimum Gasteiger partial charge on any atom is -0.312 e. The van der Waals surface area contributed by atoms with Crippen LogP contribution in [0.4, 0.5) is 0 Å². The van der Waals surface area contributed by atoms with E-state index in [2.05, 4.69) is 51.7 Å². The van der Waals surface area contributed by atoms with E-state index in [0.29, 0.717) is 6.04 Å². The molecule has 1 N–H and O–H groups in total. The highest BCUT2D eigenvalue weighted by atomic mass is 15.2. The molecule has 0 aromatic carbocycles. The van der Waals surface area contributed by atoms with Gasteiger partial charge in [-0.25, -0.2) is 0 Å². The largest absolute Gasteiger partial charge is 0.312 e. The normalized spacial score (nSPS) is 14.0. The summed E-state index contributed by atoms with van der Waals surface area (Å²) >= 11 is 0. The highest BCUT2D eigenvalue weighted by molar-refractivity contribution is 4.97. The molecule has 0 fully saturated rings. The molecule has 2 heteroatoms. The molecule has 0 heterocycles. The minimum absolute atomic E-state index is 0.276. The van der Waals surface area contributed by atoms with Crippen LogP contribution in [0.15, 0.2) is 12.7 Å². The Balaban J connectivity index is 4.83. The first-order chi connectivity index (χ1) is 8.08. The van der Waals surface area contributed by atoms with Gasteiger partial charge in [-0.05, 0) is 52.7 Å². The fraction of sp³-hybridized carbons (Fsp3) is 0.867. The molecule has 1 atom stereocenters. The Morgan fingerprint density at radius 3 is 2.18 bits per heavy atom. The van der Waals surface area contributed by atoms with Crippen LogP contribution in [0.3, 0.4) is 0 Å². The van der Waals surface area contributed by atoms with Gasteiger partial charge in [0, 0.05) is 11.6 Å². The fourth-order valence-electron chi connectivity index (χ4n) is 2.85. The van der Waals surface area contributed by atoms with Crippen molar-refractivity contribution >= 4 is 0 Å². The van der Waals surface area contributed by atoms with E-state index >= 15 is 0 Å². The lowest BCUT2D eigenvalue weighted by atomic mass is 9.81. The van der Waals surface area contributed by atoms with Crippen molar-refractivity contribution in [1.29, 1.82) is 0 Å². The second kappa shape index (κ2) is 8.71. The van der Waals surface area contributed by atoms with Gasteiger partial charge in [0.2, 0.25) is 0 Å². The van der Waals surface area contributed by atoms with E-state index < -0.39 is 0 Å². The first-order valence-corrected chi connectivity index (χ1v) is 7.10. The molecule has 0 aromatic heterocycles. The summed E-state index contributed by atoms with van der Waals surface area (Å²) in [6, 6.07) is 0.561. The third-order valence-corrected chi connectivity index (χ3v) is 4.06. The lowest BCUT2D eigenvalue weighted by Crippen LogP contribution is -2.58. The Morgan fingerprint density at radius 2 is 1.82 bits per heavy atom. The van der Waals surface area contributed by atoms with Crippen molar-refractivity contribution in [3.63, 3.8) is 0 Å². The fourth-order valence-corrected chi connectivity index (χ4v) is 2.85. The number of hydrogen-bond acceptors (Lipinski definition) is 2. The van der Waals surface area contributed by atoms with Crippen molar-refractivity contribution in [2.45, 2.75) is 64.5 Å². The Morgan fingerprint density at radius 1 is 1.24 bits per heavy atom. The van der Waals surface area contributed by atoms with Gasteiger partial charge < -0.3 is 10.2 Å². The van der Waals surface area contributed by atoms with Crippen LogP contribution in [0.25, 0.3) is 0 Å². The van der Waals surface area contributed by atoms with E-state index in [0.717, 1.165) is 13.0 Å². The molecule has 0 aliphatic heterocycles. The van der Waals surface area contributed by atoms with Crippen LogP contribution in [0.5, 0.6) is 0 Å². The summed E-state index contributed by atoms with van der Waals surface area (Å²) in [5, 5.41) is 3.74. The minimum atomic E-state index is 0.276. The molecule has 0 amide bonds. The van der Waals surface area contributed by atoms with Crippen molar-refractivity contribution in [1.82, 2.24) is 10.2 Å². The number of likely N-dealkylation sites (N-methyl/N-ethyl adjacent to an activating group) is 1. The summed E-state index contributed by atoms with van der Waals surface area (Å²) in [4.78, 5) is 2.41. The van der Waals surface area contributed by atoms with Gasteiger partial charge in [-0.15, -0.1) is 6.58 Å². The van der Waals surface area contributed by atoms with Gasteiger partial charge in [0.1, 0.15) is 0 Å². The van der Waals surface area contributed by atoms with Crippen LogP contribution in [-0.4, -0.2) is 37.1 Å². The van der Waals surface area contributed by atoms with E-state index in [-0.39, 0.29) is 5.54 Å².